The molecule has 0 aliphatic carbocycles. The highest BCUT2D eigenvalue weighted by Crippen LogP contribution is 2.39. The predicted octanol–water partition coefficient (Wildman–Crippen LogP) is 2.88. The molecule has 2 saturated heterocycles. The Kier molecular flexibility index (Phi) is 4.92. The lowest BCUT2D eigenvalue weighted by atomic mass is 9.89. The van der Waals surface area contributed by atoms with Crippen molar-refractivity contribution in [2.45, 2.75) is 18.9 Å². The van der Waals surface area contributed by atoms with Gasteiger partial charge in [0.2, 0.25) is 0 Å². The van der Waals surface area contributed by atoms with Crippen LogP contribution in [0.15, 0.2) is 15.9 Å². The molecule has 0 saturated carbocycles. The quantitative estimate of drug-likeness (QED) is 0.912. The van der Waals surface area contributed by atoms with Gasteiger partial charge in [0.1, 0.15) is 0 Å². The van der Waals surface area contributed by atoms with Crippen molar-refractivity contribution in [3.63, 3.8) is 0 Å². The molecule has 0 amide bonds. The van der Waals surface area contributed by atoms with E-state index in [9.17, 15) is 0 Å². The number of hydrogen-bond donors (Lipinski definition) is 1. The topological polar surface area (TPSA) is 24.5 Å². The van der Waals surface area contributed by atoms with Gasteiger partial charge < -0.3 is 10.1 Å². The number of hydrogen-bond acceptors (Lipinski definition) is 4. The molecular formula is C14H21BrN2OS. The van der Waals surface area contributed by atoms with E-state index in [2.05, 4.69) is 38.3 Å². The van der Waals surface area contributed by atoms with Gasteiger partial charge >= 0.3 is 0 Å². The molecule has 1 aromatic rings. The van der Waals surface area contributed by atoms with Gasteiger partial charge in [-0.15, -0.1) is 11.3 Å². The van der Waals surface area contributed by atoms with Gasteiger partial charge in [-0.25, -0.2) is 0 Å². The van der Waals surface area contributed by atoms with E-state index in [-0.39, 0.29) is 0 Å². The molecular weight excluding hydrogens is 324 g/mol. The largest absolute Gasteiger partial charge is 0.381 e. The van der Waals surface area contributed by atoms with Gasteiger partial charge in [-0.3, -0.25) is 4.90 Å². The number of nitrogens with zero attached hydrogens (tertiary/aromatic N) is 1. The molecule has 1 atom stereocenters. The molecule has 0 spiro atoms. The molecule has 0 aromatic carbocycles. The second-order valence-corrected chi connectivity index (χ2v) is 7.82. The summed E-state index contributed by atoms with van der Waals surface area (Å²) in [6.07, 6.45) is 2.40. The van der Waals surface area contributed by atoms with Gasteiger partial charge in [-0.05, 0) is 46.8 Å². The molecule has 5 heteroatoms. The summed E-state index contributed by atoms with van der Waals surface area (Å²) in [5.74, 6) is 0.748. The normalized spacial score (nSPS) is 24.5. The van der Waals surface area contributed by atoms with E-state index in [1.165, 1.54) is 21.5 Å². The van der Waals surface area contributed by atoms with Crippen LogP contribution >= 0.6 is 27.3 Å². The lowest BCUT2D eigenvalue weighted by Crippen LogP contribution is -2.47. The van der Waals surface area contributed by atoms with E-state index in [1.807, 2.05) is 11.3 Å². The fourth-order valence-corrected chi connectivity index (χ4v) is 4.84. The minimum atomic E-state index is 0.585. The van der Waals surface area contributed by atoms with Crippen molar-refractivity contribution in [2.75, 3.05) is 39.4 Å². The Balaban J connectivity index is 1.81. The molecule has 2 aliphatic heterocycles. The fraction of sp³-hybridized carbons (Fsp3) is 0.714. The average Bonchev–Trinajstić information content (AvgIpc) is 2.88. The second kappa shape index (κ2) is 6.68. The van der Waals surface area contributed by atoms with E-state index in [0.29, 0.717) is 6.04 Å². The number of piperazine rings is 1. The summed E-state index contributed by atoms with van der Waals surface area (Å²) in [6.45, 7) is 6.42. The van der Waals surface area contributed by atoms with Crippen LogP contribution in [0, 0.1) is 5.92 Å². The molecule has 0 radical (unpaired) electrons. The van der Waals surface area contributed by atoms with Gasteiger partial charge in [-0.2, -0.15) is 0 Å². The van der Waals surface area contributed by atoms with Crippen LogP contribution in [0.2, 0.25) is 0 Å². The van der Waals surface area contributed by atoms with Crippen molar-refractivity contribution < 1.29 is 4.74 Å². The maximum atomic E-state index is 5.54. The lowest BCUT2D eigenvalue weighted by molar-refractivity contribution is 0.0223. The van der Waals surface area contributed by atoms with Crippen LogP contribution in [0.1, 0.15) is 23.8 Å². The summed E-state index contributed by atoms with van der Waals surface area (Å²) in [5, 5.41) is 3.46. The maximum Gasteiger partial charge on any atom is 0.0701 e. The maximum absolute atomic E-state index is 5.54. The number of nitrogens with one attached hydrogen (secondary N) is 1. The zero-order valence-electron chi connectivity index (χ0n) is 11.1. The number of thiophene rings is 1. The van der Waals surface area contributed by atoms with E-state index in [0.717, 1.165) is 45.3 Å². The van der Waals surface area contributed by atoms with E-state index in [1.54, 1.807) is 0 Å². The number of rotatable bonds is 3. The second-order valence-electron chi connectivity index (χ2n) is 5.32. The Morgan fingerprint density at radius 3 is 2.63 bits per heavy atom. The van der Waals surface area contributed by atoms with Gasteiger partial charge in [0, 0.05) is 50.3 Å². The zero-order valence-corrected chi connectivity index (χ0v) is 13.5. The first-order valence-corrected chi connectivity index (χ1v) is 8.73. The van der Waals surface area contributed by atoms with Crippen molar-refractivity contribution >= 4 is 27.3 Å². The monoisotopic (exact) mass is 344 g/mol. The third-order valence-electron chi connectivity index (χ3n) is 4.14. The summed E-state index contributed by atoms with van der Waals surface area (Å²) in [7, 11) is 0. The van der Waals surface area contributed by atoms with Crippen LogP contribution in [0.5, 0.6) is 0 Å². The molecule has 2 fully saturated rings. The van der Waals surface area contributed by atoms with Crippen molar-refractivity contribution in [1.82, 2.24) is 10.2 Å². The van der Waals surface area contributed by atoms with E-state index in [4.69, 9.17) is 4.74 Å². The Labute approximate surface area is 127 Å². The predicted molar refractivity (Wildman–Crippen MR) is 82.7 cm³/mol. The Hall–Kier alpha value is 0.0600. The van der Waals surface area contributed by atoms with E-state index < -0.39 is 0 Å². The van der Waals surface area contributed by atoms with Crippen molar-refractivity contribution in [2.24, 2.45) is 5.92 Å². The Morgan fingerprint density at radius 2 is 2.00 bits per heavy atom. The van der Waals surface area contributed by atoms with Crippen LogP contribution in [0.25, 0.3) is 0 Å². The summed E-state index contributed by atoms with van der Waals surface area (Å²) < 4.78 is 6.79. The summed E-state index contributed by atoms with van der Waals surface area (Å²) in [4.78, 5) is 4.19. The van der Waals surface area contributed by atoms with Gasteiger partial charge in [0.25, 0.3) is 0 Å². The highest BCUT2D eigenvalue weighted by molar-refractivity contribution is 9.11. The molecule has 106 valence electrons. The summed E-state index contributed by atoms with van der Waals surface area (Å²) >= 11 is 5.51. The third-order valence-corrected chi connectivity index (χ3v) is 5.84. The first-order chi connectivity index (χ1) is 9.34. The number of ether oxygens (including phenoxy) is 1. The van der Waals surface area contributed by atoms with Gasteiger partial charge in [-0.1, -0.05) is 0 Å². The smallest absolute Gasteiger partial charge is 0.0701 e. The lowest BCUT2D eigenvalue weighted by Gasteiger charge is -2.40. The molecule has 1 N–H and O–H groups in total. The SMILES string of the molecule is Brc1ccc([C@@H](C2CCOCC2)N2CCNCC2)s1. The van der Waals surface area contributed by atoms with Crippen LogP contribution in [0.3, 0.4) is 0 Å². The highest BCUT2D eigenvalue weighted by atomic mass is 79.9. The van der Waals surface area contributed by atoms with Crippen molar-refractivity contribution in [3.8, 4) is 0 Å². The van der Waals surface area contributed by atoms with Crippen LogP contribution in [-0.4, -0.2) is 44.3 Å². The number of halogens is 1. The molecule has 3 nitrogen and oxygen atoms in total. The van der Waals surface area contributed by atoms with Gasteiger partial charge in [0.15, 0.2) is 0 Å². The molecule has 0 bridgehead atoms. The van der Waals surface area contributed by atoms with Crippen LogP contribution in [0.4, 0.5) is 0 Å². The van der Waals surface area contributed by atoms with Crippen LogP contribution in [-0.2, 0) is 4.74 Å². The van der Waals surface area contributed by atoms with Crippen molar-refractivity contribution in [1.29, 1.82) is 0 Å². The molecule has 3 rings (SSSR count). The minimum Gasteiger partial charge on any atom is -0.381 e. The highest BCUT2D eigenvalue weighted by Gasteiger charge is 2.32. The Morgan fingerprint density at radius 1 is 1.26 bits per heavy atom. The molecule has 1 aromatic heterocycles. The van der Waals surface area contributed by atoms with Crippen molar-refractivity contribution in [3.05, 3.63) is 20.8 Å². The molecule has 0 unspecified atom stereocenters. The third kappa shape index (κ3) is 3.39. The Bertz CT molecular complexity index is 382. The first kappa shape index (κ1) is 14.0. The summed E-state index contributed by atoms with van der Waals surface area (Å²) in [5.41, 5.74) is 0. The molecule has 2 aliphatic rings. The average molecular weight is 345 g/mol. The molecule has 3 heterocycles. The first-order valence-electron chi connectivity index (χ1n) is 7.12. The minimum absolute atomic E-state index is 0.585. The zero-order chi connectivity index (χ0) is 13.1. The standard InChI is InChI=1S/C14H21BrN2OS/c15-13-2-1-12(19-13)14(11-3-9-18-10-4-11)17-7-5-16-6-8-17/h1-2,11,14,16H,3-10H2/t14-/m1/s1. The summed E-state index contributed by atoms with van der Waals surface area (Å²) in [6, 6.07) is 5.08. The van der Waals surface area contributed by atoms with Crippen LogP contribution < -0.4 is 5.32 Å². The molecule has 19 heavy (non-hydrogen) atoms. The fourth-order valence-electron chi connectivity index (χ4n) is 3.19. The van der Waals surface area contributed by atoms with E-state index >= 15 is 0 Å². The van der Waals surface area contributed by atoms with Gasteiger partial charge in [0.05, 0.1) is 3.79 Å².